The smallest absolute Gasteiger partial charge is 0.307 e. The molecule has 7 heteroatoms. The fourth-order valence-corrected chi connectivity index (χ4v) is 3.48. The van der Waals surface area contributed by atoms with Gasteiger partial charge in [0.05, 0.1) is 18.4 Å². The van der Waals surface area contributed by atoms with Crippen LogP contribution in [0.15, 0.2) is 18.2 Å². The number of cyclic esters (lactones) is 1. The molecule has 0 saturated carbocycles. The van der Waals surface area contributed by atoms with Gasteiger partial charge in [0.2, 0.25) is 5.91 Å². The van der Waals surface area contributed by atoms with Crippen molar-refractivity contribution >= 4 is 11.9 Å². The molecule has 134 valence electrons. The van der Waals surface area contributed by atoms with Crippen LogP contribution in [0.2, 0.25) is 0 Å². The third kappa shape index (κ3) is 3.42. The Kier molecular flexibility index (Phi) is 4.48. The fourth-order valence-electron chi connectivity index (χ4n) is 3.48. The lowest BCUT2D eigenvalue weighted by Crippen LogP contribution is -2.37. The zero-order chi connectivity index (χ0) is 17.2. The van der Waals surface area contributed by atoms with E-state index >= 15 is 0 Å². The van der Waals surface area contributed by atoms with Gasteiger partial charge in [-0.2, -0.15) is 0 Å². The highest BCUT2D eigenvalue weighted by atomic mass is 16.6. The Morgan fingerprint density at radius 1 is 1.16 bits per heavy atom. The molecule has 1 amide bonds. The van der Waals surface area contributed by atoms with Crippen molar-refractivity contribution in [1.82, 2.24) is 5.32 Å². The number of rotatable bonds is 4. The van der Waals surface area contributed by atoms with Crippen LogP contribution in [0, 0.1) is 5.92 Å². The van der Waals surface area contributed by atoms with Crippen molar-refractivity contribution in [1.29, 1.82) is 0 Å². The molecule has 3 heterocycles. The third-order valence-electron chi connectivity index (χ3n) is 4.77. The fraction of sp³-hybridized carbons (Fsp3) is 0.556. The Balaban J connectivity index is 1.47. The van der Waals surface area contributed by atoms with E-state index in [1.807, 2.05) is 6.07 Å². The Bertz CT molecular complexity index is 670. The number of hydrogen-bond acceptors (Lipinski definition) is 6. The molecular weight excluding hydrogens is 326 g/mol. The van der Waals surface area contributed by atoms with E-state index in [2.05, 4.69) is 5.32 Å². The van der Waals surface area contributed by atoms with Crippen LogP contribution in [0.1, 0.15) is 30.9 Å². The first-order valence-electron chi connectivity index (χ1n) is 8.69. The van der Waals surface area contributed by atoms with Crippen LogP contribution < -0.4 is 14.8 Å². The van der Waals surface area contributed by atoms with Gasteiger partial charge in [0.15, 0.2) is 11.5 Å². The maximum absolute atomic E-state index is 12.6. The van der Waals surface area contributed by atoms with Crippen LogP contribution in [-0.2, 0) is 19.1 Å². The Labute approximate surface area is 145 Å². The number of carbonyl (C=O) groups excluding carboxylic acids is 2. The molecule has 2 saturated heterocycles. The monoisotopic (exact) mass is 347 g/mol. The summed E-state index contributed by atoms with van der Waals surface area (Å²) in [4.78, 5) is 24.4. The van der Waals surface area contributed by atoms with Gasteiger partial charge in [-0.25, -0.2) is 0 Å². The predicted molar refractivity (Wildman–Crippen MR) is 86.4 cm³/mol. The molecule has 3 aliphatic rings. The molecule has 3 aliphatic heterocycles. The summed E-state index contributed by atoms with van der Waals surface area (Å²) in [6.45, 7) is 2.20. The molecule has 2 fully saturated rings. The summed E-state index contributed by atoms with van der Waals surface area (Å²) in [5, 5.41) is 2.90. The minimum Gasteiger partial charge on any atom is -0.486 e. The molecule has 0 radical (unpaired) electrons. The standard InChI is InChI=1S/C18H21NO6/c20-16-9-13(18(21)19-10-12-2-1-5-22-12)17(25-16)11-3-4-14-15(8-11)24-7-6-23-14/h3-4,8,12-13,17H,1-2,5-7,9-10H2,(H,19,21)/t12-,13+,17-/m0/s1. The maximum Gasteiger partial charge on any atom is 0.307 e. The lowest BCUT2D eigenvalue weighted by atomic mass is 9.94. The average Bonchev–Trinajstić information content (AvgIpc) is 3.29. The molecule has 7 nitrogen and oxygen atoms in total. The molecule has 1 aromatic carbocycles. The molecule has 0 unspecified atom stereocenters. The second-order valence-electron chi connectivity index (χ2n) is 6.50. The summed E-state index contributed by atoms with van der Waals surface area (Å²) < 4.78 is 22.0. The van der Waals surface area contributed by atoms with E-state index in [1.54, 1.807) is 12.1 Å². The molecule has 0 aromatic heterocycles. The van der Waals surface area contributed by atoms with Crippen molar-refractivity contribution in [2.45, 2.75) is 31.5 Å². The van der Waals surface area contributed by atoms with E-state index in [9.17, 15) is 9.59 Å². The van der Waals surface area contributed by atoms with Gasteiger partial charge in [-0.1, -0.05) is 6.07 Å². The van der Waals surface area contributed by atoms with Crippen molar-refractivity contribution in [3.63, 3.8) is 0 Å². The van der Waals surface area contributed by atoms with Crippen LogP contribution in [0.25, 0.3) is 0 Å². The van der Waals surface area contributed by atoms with Gasteiger partial charge in [0, 0.05) is 13.2 Å². The summed E-state index contributed by atoms with van der Waals surface area (Å²) in [6, 6.07) is 5.40. The van der Waals surface area contributed by atoms with E-state index in [4.69, 9.17) is 18.9 Å². The van der Waals surface area contributed by atoms with Gasteiger partial charge < -0.3 is 24.3 Å². The Morgan fingerprint density at radius 2 is 2.00 bits per heavy atom. The summed E-state index contributed by atoms with van der Waals surface area (Å²) >= 11 is 0. The van der Waals surface area contributed by atoms with Crippen LogP contribution in [0.5, 0.6) is 11.5 Å². The first kappa shape index (κ1) is 16.2. The summed E-state index contributed by atoms with van der Waals surface area (Å²) in [7, 11) is 0. The number of hydrogen-bond donors (Lipinski definition) is 1. The minimum atomic E-state index is -0.604. The second-order valence-corrected chi connectivity index (χ2v) is 6.50. The largest absolute Gasteiger partial charge is 0.486 e. The summed E-state index contributed by atoms with van der Waals surface area (Å²) in [5.41, 5.74) is 0.743. The van der Waals surface area contributed by atoms with Crippen molar-refractivity contribution in [2.75, 3.05) is 26.4 Å². The molecule has 0 bridgehead atoms. The Morgan fingerprint density at radius 3 is 2.80 bits per heavy atom. The van der Waals surface area contributed by atoms with Gasteiger partial charge >= 0.3 is 5.97 Å². The first-order chi connectivity index (χ1) is 12.2. The molecule has 3 atom stereocenters. The van der Waals surface area contributed by atoms with E-state index < -0.39 is 12.0 Å². The quantitative estimate of drug-likeness (QED) is 0.828. The highest BCUT2D eigenvalue weighted by molar-refractivity contribution is 5.87. The summed E-state index contributed by atoms with van der Waals surface area (Å²) in [6.07, 6.45) is 1.51. The number of fused-ring (bicyclic) bond motifs is 1. The minimum absolute atomic E-state index is 0.0646. The molecule has 1 N–H and O–H groups in total. The second kappa shape index (κ2) is 6.92. The van der Waals surface area contributed by atoms with Gasteiger partial charge in [-0.05, 0) is 30.5 Å². The molecule has 0 spiro atoms. The van der Waals surface area contributed by atoms with Crippen molar-refractivity contribution in [2.24, 2.45) is 5.92 Å². The molecule has 25 heavy (non-hydrogen) atoms. The van der Waals surface area contributed by atoms with Crippen LogP contribution in [-0.4, -0.2) is 44.3 Å². The lowest BCUT2D eigenvalue weighted by Gasteiger charge is -2.22. The zero-order valence-corrected chi connectivity index (χ0v) is 13.9. The van der Waals surface area contributed by atoms with E-state index in [-0.39, 0.29) is 24.4 Å². The van der Waals surface area contributed by atoms with Crippen LogP contribution in [0.4, 0.5) is 0 Å². The molecule has 1 aromatic rings. The third-order valence-corrected chi connectivity index (χ3v) is 4.77. The van der Waals surface area contributed by atoms with Gasteiger partial charge in [-0.15, -0.1) is 0 Å². The van der Waals surface area contributed by atoms with Crippen LogP contribution in [0.3, 0.4) is 0 Å². The van der Waals surface area contributed by atoms with E-state index in [0.717, 1.165) is 25.0 Å². The van der Waals surface area contributed by atoms with E-state index in [0.29, 0.717) is 31.3 Å². The van der Waals surface area contributed by atoms with Crippen molar-refractivity contribution in [3.05, 3.63) is 23.8 Å². The topological polar surface area (TPSA) is 83.1 Å². The normalized spacial score (nSPS) is 27.8. The number of benzene rings is 1. The lowest BCUT2D eigenvalue weighted by molar-refractivity contribution is -0.141. The highest BCUT2D eigenvalue weighted by Gasteiger charge is 2.41. The van der Waals surface area contributed by atoms with Crippen molar-refractivity contribution in [3.8, 4) is 11.5 Å². The van der Waals surface area contributed by atoms with Crippen LogP contribution >= 0.6 is 0 Å². The first-order valence-corrected chi connectivity index (χ1v) is 8.69. The predicted octanol–water partition coefficient (Wildman–Crippen LogP) is 1.36. The molecular formula is C18H21NO6. The number of carbonyl (C=O) groups is 2. The van der Waals surface area contributed by atoms with Gasteiger partial charge in [0.25, 0.3) is 0 Å². The zero-order valence-electron chi connectivity index (χ0n) is 13.9. The number of nitrogens with one attached hydrogen (secondary N) is 1. The molecule has 4 rings (SSSR count). The van der Waals surface area contributed by atoms with Gasteiger partial charge in [0.1, 0.15) is 19.3 Å². The average molecular weight is 347 g/mol. The number of esters is 1. The number of amides is 1. The van der Waals surface area contributed by atoms with E-state index in [1.165, 1.54) is 0 Å². The van der Waals surface area contributed by atoms with Gasteiger partial charge in [-0.3, -0.25) is 9.59 Å². The molecule has 0 aliphatic carbocycles. The summed E-state index contributed by atoms with van der Waals surface area (Å²) in [5.74, 6) is 0.193. The van der Waals surface area contributed by atoms with Crippen molar-refractivity contribution < 1.29 is 28.5 Å². The maximum atomic E-state index is 12.6. The SMILES string of the molecule is O=C1C[C@@H](C(=O)NC[C@@H]2CCCO2)[C@H](c2ccc3c(c2)OCCO3)O1. The highest BCUT2D eigenvalue weighted by Crippen LogP contribution is 2.40. The Hall–Kier alpha value is -2.28. The number of ether oxygens (including phenoxy) is 4.